The molecule has 2 aliphatic carbocycles. The fourth-order valence-electron chi connectivity index (χ4n) is 5.47. The van der Waals surface area contributed by atoms with Crippen molar-refractivity contribution in [3.05, 3.63) is 41.7 Å². The van der Waals surface area contributed by atoms with Crippen LogP contribution in [0.1, 0.15) is 13.3 Å². The Morgan fingerprint density at radius 3 is 2.37 bits per heavy atom. The Morgan fingerprint density at radius 2 is 1.67 bits per heavy atom. The summed E-state index contributed by atoms with van der Waals surface area (Å²) in [4.78, 5) is 31.7. The van der Waals surface area contributed by atoms with Crippen molar-refractivity contribution in [1.29, 1.82) is 0 Å². The molecule has 4 atom stereocenters. The highest BCUT2D eigenvalue weighted by Crippen LogP contribution is 2.55. The molecule has 0 unspecified atom stereocenters. The molecule has 1 aromatic carbocycles. The van der Waals surface area contributed by atoms with Crippen LogP contribution < -0.4 is 4.90 Å². The van der Waals surface area contributed by atoms with Crippen LogP contribution in [0.2, 0.25) is 0 Å². The van der Waals surface area contributed by atoms with Crippen molar-refractivity contribution in [2.45, 2.75) is 13.3 Å². The van der Waals surface area contributed by atoms with Crippen molar-refractivity contribution < 1.29 is 14.0 Å². The quantitative estimate of drug-likeness (QED) is 0.605. The Hall–Kier alpha value is -2.21. The summed E-state index contributed by atoms with van der Waals surface area (Å²) < 4.78 is 13.1. The van der Waals surface area contributed by atoms with Crippen LogP contribution in [0.3, 0.4) is 0 Å². The summed E-state index contributed by atoms with van der Waals surface area (Å²) in [6, 6.07) is 6.55. The zero-order valence-electron chi connectivity index (χ0n) is 15.5. The van der Waals surface area contributed by atoms with Gasteiger partial charge >= 0.3 is 0 Å². The number of hydrogen-bond donors (Lipinski definition) is 0. The molecule has 3 fully saturated rings. The number of anilines is 1. The molecule has 2 saturated heterocycles. The van der Waals surface area contributed by atoms with Gasteiger partial charge in [0, 0.05) is 31.9 Å². The number of carbonyl (C=O) groups excluding carboxylic acids is 2. The Labute approximate surface area is 158 Å². The van der Waals surface area contributed by atoms with Gasteiger partial charge in [0.1, 0.15) is 5.82 Å². The topological polar surface area (TPSA) is 43.9 Å². The minimum Gasteiger partial charge on any atom is -0.369 e. The molecule has 2 heterocycles. The molecule has 0 spiro atoms. The van der Waals surface area contributed by atoms with Crippen LogP contribution >= 0.6 is 0 Å². The minimum atomic E-state index is -0.229. The molecular weight excluding hydrogens is 345 g/mol. The summed E-state index contributed by atoms with van der Waals surface area (Å²) in [7, 11) is 0. The van der Waals surface area contributed by atoms with E-state index in [0.29, 0.717) is 6.67 Å². The smallest absolute Gasteiger partial charge is 0.234 e. The van der Waals surface area contributed by atoms with Crippen LogP contribution in [0, 0.1) is 29.5 Å². The van der Waals surface area contributed by atoms with E-state index in [1.54, 1.807) is 12.1 Å². The largest absolute Gasteiger partial charge is 0.369 e. The summed E-state index contributed by atoms with van der Waals surface area (Å²) >= 11 is 0. The van der Waals surface area contributed by atoms with Crippen molar-refractivity contribution in [3.63, 3.8) is 0 Å². The highest BCUT2D eigenvalue weighted by atomic mass is 19.1. The van der Waals surface area contributed by atoms with Crippen LogP contribution in [0.25, 0.3) is 0 Å². The fraction of sp³-hybridized carbons (Fsp3) is 0.524. The maximum absolute atomic E-state index is 13.1. The minimum absolute atomic E-state index is 0.0298. The first-order valence-electron chi connectivity index (χ1n) is 9.79. The number of halogens is 1. The second-order valence-corrected chi connectivity index (χ2v) is 8.30. The van der Waals surface area contributed by atoms with Crippen molar-refractivity contribution in [1.82, 2.24) is 9.80 Å². The predicted octanol–water partition coefficient (Wildman–Crippen LogP) is 2.10. The number of carbonyl (C=O) groups is 2. The number of hydrogen-bond acceptors (Lipinski definition) is 4. The van der Waals surface area contributed by atoms with Gasteiger partial charge in [0.15, 0.2) is 0 Å². The molecule has 1 saturated carbocycles. The first-order valence-corrected chi connectivity index (χ1v) is 9.79. The lowest BCUT2D eigenvalue weighted by atomic mass is 9.82. The molecule has 2 amide bonds. The van der Waals surface area contributed by atoms with Gasteiger partial charge in [0.25, 0.3) is 0 Å². The lowest BCUT2D eigenvalue weighted by Crippen LogP contribution is -2.51. The molecule has 1 aromatic rings. The van der Waals surface area contributed by atoms with Gasteiger partial charge in [-0.05, 0) is 49.4 Å². The molecule has 0 N–H and O–H groups in total. The highest BCUT2D eigenvalue weighted by Gasteiger charge is 2.60. The van der Waals surface area contributed by atoms with Gasteiger partial charge < -0.3 is 4.90 Å². The molecule has 4 aliphatic rings. The molecule has 142 valence electrons. The van der Waals surface area contributed by atoms with E-state index in [-0.39, 0.29) is 41.3 Å². The van der Waals surface area contributed by atoms with Gasteiger partial charge in [-0.1, -0.05) is 11.6 Å². The van der Waals surface area contributed by atoms with E-state index >= 15 is 0 Å². The summed E-state index contributed by atoms with van der Waals surface area (Å²) in [6.07, 6.45) is 3.19. The van der Waals surface area contributed by atoms with E-state index in [0.717, 1.165) is 38.3 Å². The lowest BCUT2D eigenvalue weighted by molar-refractivity contribution is -0.143. The number of likely N-dealkylation sites (tertiary alicyclic amines) is 1. The number of piperazine rings is 1. The first kappa shape index (κ1) is 16.9. The van der Waals surface area contributed by atoms with E-state index < -0.39 is 0 Å². The third kappa shape index (κ3) is 2.61. The Kier molecular flexibility index (Phi) is 3.86. The Bertz CT molecular complexity index is 813. The van der Waals surface area contributed by atoms with Gasteiger partial charge in [-0.15, -0.1) is 0 Å². The number of fused-ring (bicyclic) bond motifs is 5. The third-order valence-corrected chi connectivity index (χ3v) is 6.88. The summed E-state index contributed by atoms with van der Waals surface area (Å²) in [5, 5.41) is 0. The van der Waals surface area contributed by atoms with E-state index in [1.807, 2.05) is 0 Å². The van der Waals surface area contributed by atoms with Crippen molar-refractivity contribution in [3.8, 4) is 0 Å². The van der Waals surface area contributed by atoms with Gasteiger partial charge in [-0.3, -0.25) is 19.4 Å². The molecule has 5 rings (SSSR count). The van der Waals surface area contributed by atoms with Gasteiger partial charge in [0.2, 0.25) is 11.8 Å². The Morgan fingerprint density at radius 1 is 1.00 bits per heavy atom. The van der Waals surface area contributed by atoms with Crippen LogP contribution in [0.4, 0.5) is 10.1 Å². The van der Waals surface area contributed by atoms with Gasteiger partial charge in [0.05, 0.1) is 18.5 Å². The zero-order chi connectivity index (χ0) is 18.7. The maximum Gasteiger partial charge on any atom is 0.234 e. The van der Waals surface area contributed by atoms with Crippen LogP contribution in [-0.2, 0) is 9.59 Å². The van der Waals surface area contributed by atoms with E-state index in [1.165, 1.54) is 22.6 Å². The molecule has 0 aromatic heterocycles. The highest BCUT2D eigenvalue weighted by molar-refractivity contribution is 6.06. The molecule has 27 heavy (non-hydrogen) atoms. The number of rotatable bonds is 3. The first-order chi connectivity index (χ1) is 13.0. The SMILES string of the molecule is CC1=C[C@H]2C[C@@H]1[C@H]1C(=O)N(CN3CCN(c4ccc(F)cc4)CC3)C(=O)[C@@H]12. The normalized spacial score (nSPS) is 33.0. The molecule has 0 radical (unpaired) electrons. The van der Waals surface area contributed by atoms with E-state index in [2.05, 4.69) is 22.8 Å². The summed E-state index contributed by atoms with van der Waals surface area (Å²) in [5.74, 6) is 0.133. The van der Waals surface area contributed by atoms with Crippen LogP contribution in [-0.4, -0.2) is 54.5 Å². The number of nitrogens with zero attached hydrogens (tertiary/aromatic N) is 3. The number of allylic oxidation sites excluding steroid dienone is 2. The van der Waals surface area contributed by atoms with Gasteiger partial charge in [-0.25, -0.2) is 4.39 Å². The van der Waals surface area contributed by atoms with E-state index in [9.17, 15) is 14.0 Å². The third-order valence-electron chi connectivity index (χ3n) is 6.88. The monoisotopic (exact) mass is 369 g/mol. The van der Waals surface area contributed by atoms with Gasteiger partial charge in [-0.2, -0.15) is 0 Å². The predicted molar refractivity (Wildman–Crippen MR) is 99.2 cm³/mol. The number of benzene rings is 1. The molecule has 2 bridgehead atoms. The van der Waals surface area contributed by atoms with Crippen molar-refractivity contribution >= 4 is 17.5 Å². The second-order valence-electron chi connectivity index (χ2n) is 8.30. The zero-order valence-corrected chi connectivity index (χ0v) is 15.5. The number of imide groups is 1. The Balaban J connectivity index is 1.22. The van der Waals surface area contributed by atoms with Crippen LogP contribution in [0.5, 0.6) is 0 Å². The average Bonchev–Trinajstić information content (AvgIpc) is 3.30. The lowest BCUT2D eigenvalue weighted by Gasteiger charge is -2.37. The van der Waals surface area contributed by atoms with Crippen molar-refractivity contribution in [2.24, 2.45) is 23.7 Å². The average molecular weight is 369 g/mol. The van der Waals surface area contributed by atoms with Crippen LogP contribution in [0.15, 0.2) is 35.9 Å². The summed E-state index contributed by atoms with van der Waals surface area (Å²) in [5.41, 5.74) is 2.30. The molecule has 2 aliphatic heterocycles. The molecule has 6 heteroatoms. The molecule has 5 nitrogen and oxygen atoms in total. The van der Waals surface area contributed by atoms with Crippen molar-refractivity contribution in [2.75, 3.05) is 37.7 Å². The number of amides is 2. The second kappa shape index (κ2) is 6.16. The standard InChI is InChI=1S/C21H24FN3O2/c1-13-10-14-11-17(13)19-18(14)20(26)25(21(19)27)12-23-6-8-24(9-7-23)16-4-2-15(22)3-5-16/h2-5,10,14,17-19H,6-9,11-12H2,1H3/t14-,17-,18+,19+/m0/s1. The summed E-state index contributed by atoms with van der Waals surface area (Å²) in [6.45, 7) is 5.68. The van der Waals surface area contributed by atoms with E-state index in [4.69, 9.17) is 0 Å². The maximum atomic E-state index is 13.1. The molecular formula is C21H24FN3O2. The fourth-order valence-corrected chi connectivity index (χ4v) is 5.47.